The molecule has 0 aromatic rings. The standard InChI is InChI=1S/C11H18O3/c1-10(6-13-10)8-3-4-9(12-5-8)11(2)7-14-11/h8-9H,3-7H2,1-2H3. The van der Waals surface area contributed by atoms with Crippen LogP contribution in [-0.2, 0) is 14.2 Å². The molecular formula is C11H18O3. The largest absolute Gasteiger partial charge is 0.375 e. The van der Waals surface area contributed by atoms with Crippen LogP contribution in [0.3, 0.4) is 0 Å². The molecule has 80 valence electrons. The van der Waals surface area contributed by atoms with Crippen molar-refractivity contribution in [3.05, 3.63) is 0 Å². The minimum absolute atomic E-state index is 0.0380. The van der Waals surface area contributed by atoms with Gasteiger partial charge in [-0.25, -0.2) is 0 Å². The van der Waals surface area contributed by atoms with Gasteiger partial charge in [0, 0.05) is 5.92 Å². The third-order valence-corrected chi connectivity index (χ3v) is 4.02. The molecule has 0 bridgehead atoms. The van der Waals surface area contributed by atoms with E-state index < -0.39 is 0 Å². The van der Waals surface area contributed by atoms with E-state index >= 15 is 0 Å². The van der Waals surface area contributed by atoms with Crippen molar-refractivity contribution in [2.75, 3.05) is 19.8 Å². The van der Waals surface area contributed by atoms with Crippen LogP contribution < -0.4 is 0 Å². The summed E-state index contributed by atoms with van der Waals surface area (Å²) >= 11 is 0. The van der Waals surface area contributed by atoms with Crippen molar-refractivity contribution in [2.45, 2.75) is 44.0 Å². The minimum atomic E-state index is 0.0380. The maximum atomic E-state index is 5.88. The van der Waals surface area contributed by atoms with Gasteiger partial charge in [-0.3, -0.25) is 0 Å². The van der Waals surface area contributed by atoms with E-state index in [1.54, 1.807) is 0 Å². The Kier molecular flexibility index (Phi) is 1.77. The van der Waals surface area contributed by atoms with Gasteiger partial charge in [0.15, 0.2) is 0 Å². The molecule has 0 spiro atoms. The van der Waals surface area contributed by atoms with Gasteiger partial charge in [-0.1, -0.05) is 0 Å². The topological polar surface area (TPSA) is 34.3 Å². The molecule has 3 rings (SSSR count). The monoisotopic (exact) mass is 198 g/mol. The lowest BCUT2D eigenvalue weighted by molar-refractivity contribution is -0.0676. The molecule has 3 fully saturated rings. The van der Waals surface area contributed by atoms with E-state index in [2.05, 4.69) is 13.8 Å². The van der Waals surface area contributed by atoms with E-state index in [1.807, 2.05) is 0 Å². The van der Waals surface area contributed by atoms with Gasteiger partial charge in [0.25, 0.3) is 0 Å². The Labute approximate surface area is 84.7 Å². The predicted octanol–water partition coefficient (Wildman–Crippen LogP) is 1.36. The fraction of sp³-hybridized carbons (Fsp3) is 1.00. The van der Waals surface area contributed by atoms with Crippen LogP contribution in [-0.4, -0.2) is 37.1 Å². The summed E-state index contributed by atoms with van der Waals surface area (Å²) in [6.07, 6.45) is 2.67. The molecule has 0 saturated carbocycles. The lowest BCUT2D eigenvalue weighted by Crippen LogP contribution is -2.40. The number of hydrogen-bond donors (Lipinski definition) is 0. The molecule has 3 nitrogen and oxygen atoms in total. The highest BCUT2D eigenvalue weighted by molar-refractivity contribution is 5.01. The average Bonchev–Trinajstić information content (AvgIpc) is 3.08. The second-order valence-electron chi connectivity index (χ2n) is 5.30. The summed E-state index contributed by atoms with van der Waals surface area (Å²) in [5, 5.41) is 0. The van der Waals surface area contributed by atoms with E-state index in [0.29, 0.717) is 12.0 Å². The third kappa shape index (κ3) is 1.38. The zero-order valence-corrected chi connectivity index (χ0v) is 8.91. The first-order valence-electron chi connectivity index (χ1n) is 5.52. The van der Waals surface area contributed by atoms with Crippen LogP contribution in [0, 0.1) is 5.92 Å². The predicted molar refractivity (Wildman–Crippen MR) is 51.2 cm³/mol. The van der Waals surface area contributed by atoms with Crippen molar-refractivity contribution in [1.29, 1.82) is 0 Å². The molecular weight excluding hydrogens is 180 g/mol. The Hall–Kier alpha value is -0.120. The van der Waals surface area contributed by atoms with Crippen LogP contribution in [0.4, 0.5) is 0 Å². The Balaban J connectivity index is 1.57. The van der Waals surface area contributed by atoms with Crippen molar-refractivity contribution >= 4 is 0 Å². The minimum Gasteiger partial charge on any atom is -0.375 e. The summed E-state index contributed by atoms with van der Waals surface area (Å²) in [4.78, 5) is 0. The molecule has 0 aromatic heterocycles. The Bertz CT molecular complexity index is 209. The van der Waals surface area contributed by atoms with Gasteiger partial charge in [0.1, 0.15) is 5.60 Å². The Morgan fingerprint density at radius 2 is 1.64 bits per heavy atom. The highest BCUT2D eigenvalue weighted by Crippen LogP contribution is 2.44. The smallest absolute Gasteiger partial charge is 0.115 e. The SMILES string of the molecule is CC1(C2CCC(C3(C)CO3)OC2)CO1. The Morgan fingerprint density at radius 3 is 2.07 bits per heavy atom. The van der Waals surface area contributed by atoms with E-state index in [1.165, 1.54) is 6.42 Å². The molecule has 0 N–H and O–H groups in total. The first kappa shape index (κ1) is 9.13. The van der Waals surface area contributed by atoms with Gasteiger partial charge in [-0.2, -0.15) is 0 Å². The van der Waals surface area contributed by atoms with Crippen molar-refractivity contribution in [3.8, 4) is 0 Å². The molecule has 4 unspecified atom stereocenters. The van der Waals surface area contributed by atoms with E-state index in [0.717, 1.165) is 26.2 Å². The molecule has 0 aliphatic carbocycles. The summed E-state index contributed by atoms with van der Waals surface area (Å²) in [6, 6.07) is 0. The first-order valence-corrected chi connectivity index (χ1v) is 5.52. The van der Waals surface area contributed by atoms with Gasteiger partial charge < -0.3 is 14.2 Å². The van der Waals surface area contributed by atoms with E-state index in [9.17, 15) is 0 Å². The molecule has 3 heteroatoms. The highest BCUT2D eigenvalue weighted by atomic mass is 16.6. The van der Waals surface area contributed by atoms with Crippen LogP contribution in [0.1, 0.15) is 26.7 Å². The second kappa shape index (κ2) is 2.71. The Morgan fingerprint density at radius 1 is 1.00 bits per heavy atom. The molecule has 4 atom stereocenters. The molecule has 3 heterocycles. The van der Waals surface area contributed by atoms with E-state index in [-0.39, 0.29) is 11.2 Å². The zero-order valence-electron chi connectivity index (χ0n) is 8.91. The summed E-state index contributed by atoms with van der Waals surface area (Å²) in [5.74, 6) is 0.598. The summed E-state index contributed by atoms with van der Waals surface area (Å²) in [5.41, 5.74) is 0.173. The molecule has 14 heavy (non-hydrogen) atoms. The fourth-order valence-electron chi connectivity index (χ4n) is 2.36. The molecule has 0 aromatic carbocycles. The van der Waals surface area contributed by atoms with Crippen LogP contribution in [0.2, 0.25) is 0 Å². The lowest BCUT2D eigenvalue weighted by atomic mass is 9.85. The molecule has 3 aliphatic heterocycles. The van der Waals surface area contributed by atoms with Gasteiger partial charge in [-0.05, 0) is 26.7 Å². The quantitative estimate of drug-likeness (QED) is 0.628. The van der Waals surface area contributed by atoms with Gasteiger partial charge >= 0.3 is 0 Å². The fourth-order valence-corrected chi connectivity index (χ4v) is 2.36. The summed E-state index contributed by atoms with van der Waals surface area (Å²) in [6.45, 7) is 6.97. The summed E-state index contributed by atoms with van der Waals surface area (Å²) in [7, 11) is 0. The van der Waals surface area contributed by atoms with Crippen molar-refractivity contribution in [1.82, 2.24) is 0 Å². The molecule has 0 radical (unpaired) electrons. The molecule has 3 saturated heterocycles. The summed E-state index contributed by atoms with van der Waals surface area (Å²) < 4.78 is 16.8. The maximum Gasteiger partial charge on any atom is 0.115 e. The van der Waals surface area contributed by atoms with Crippen molar-refractivity contribution in [2.24, 2.45) is 5.92 Å². The number of epoxide rings is 2. The van der Waals surface area contributed by atoms with Gasteiger partial charge in [0.2, 0.25) is 0 Å². The number of rotatable bonds is 2. The highest BCUT2D eigenvalue weighted by Gasteiger charge is 2.53. The maximum absolute atomic E-state index is 5.88. The van der Waals surface area contributed by atoms with Crippen LogP contribution in [0.5, 0.6) is 0 Å². The van der Waals surface area contributed by atoms with Gasteiger partial charge in [0.05, 0.1) is 31.5 Å². The number of ether oxygens (including phenoxy) is 3. The van der Waals surface area contributed by atoms with E-state index in [4.69, 9.17) is 14.2 Å². The molecule has 3 aliphatic rings. The van der Waals surface area contributed by atoms with Gasteiger partial charge in [-0.15, -0.1) is 0 Å². The number of hydrogen-bond acceptors (Lipinski definition) is 3. The zero-order chi connectivity index (χ0) is 9.81. The van der Waals surface area contributed by atoms with Crippen molar-refractivity contribution < 1.29 is 14.2 Å². The lowest BCUT2D eigenvalue weighted by Gasteiger charge is -2.33. The molecule has 0 amide bonds. The van der Waals surface area contributed by atoms with Crippen LogP contribution in [0.15, 0.2) is 0 Å². The normalized spacial score (nSPS) is 57.0. The average molecular weight is 198 g/mol. The first-order chi connectivity index (χ1) is 6.62. The van der Waals surface area contributed by atoms with Crippen LogP contribution >= 0.6 is 0 Å². The third-order valence-electron chi connectivity index (χ3n) is 4.02. The second-order valence-corrected chi connectivity index (χ2v) is 5.30. The van der Waals surface area contributed by atoms with Crippen LogP contribution in [0.25, 0.3) is 0 Å². The van der Waals surface area contributed by atoms with Crippen molar-refractivity contribution in [3.63, 3.8) is 0 Å².